The molecule has 2 heterocycles. The summed E-state index contributed by atoms with van der Waals surface area (Å²) in [5.74, 6) is 0. The number of rotatable bonds is 3. The summed E-state index contributed by atoms with van der Waals surface area (Å²) in [6, 6.07) is 16.5. The number of aliphatic hydroxyl groups excluding tert-OH is 2. The summed E-state index contributed by atoms with van der Waals surface area (Å²) < 4.78 is 75.5. The van der Waals surface area contributed by atoms with Gasteiger partial charge in [0.05, 0.1) is 39.1 Å². The highest BCUT2D eigenvalue weighted by Gasteiger charge is 2.34. The number of hydrogen-bond acceptors (Lipinski definition) is 8. The van der Waals surface area contributed by atoms with E-state index in [1.807, 2.05) is 48.2 Å². The molecule has 0 aromatic heterocycles. The van der Waals surface area contributed by atoms with Gasteiger partial charge < -0.3 is 36.4 Å². The molecular weight excluding hydrogens is 765 g/mol. The van der Waals surface area contributed by atoms with Crippen molar-refractivity contribution in [1.82, 2.24) is 0 Å². The van der Waals surface area contributed by atoms with Crippen LogP contribution in [0.15, 0.2) is 77.8 Å². The Morgan fingerprint density at radius 2 is 1.31 bits per heavy atom. The summed E-state index contributed by atoms with van der Waals surface area (Å²) in [7, 11) is 3.80. The van der Waals surface area contributed by atoms with E-state index in [2.05, 4.69) is 15.6 Å². The summed E-state index contributed by atoms with van der Waals surface area (Å²) in [6.07, 6.45) is -7.84. The molecule has 6 rings (SSSR count). The van der Waals surface area contributed by atoms with Crippen LogP contribution in [0.5, 0.6) is 0 Å². The molecule has 0 bridgehead atoms. The Balaban J connectivity index is 0.000000201. The minimum atomic E-state index is -4.62. The quantitative estimate of drug-likeness (QED) is 0.0608. The van der Waals surface area contributed by atoms with Gasteiger partial charge in [0.15, 0.2) is 0 Å². The normalized spacial score (nSPS) is 16.3. The second kappa shape index (κ2) is 17.4. The number of β-amino-alcohol motifs (C(OH)–C–C–N with tert-alkyl or cyclic N) is 2. The number of aliphatic hydroxyl groups is 2. The topological polar surface area (TPSA) is 144 Å². The molecule has 10 nitrogen and oxygen atoms in total. The van der Waals surface area contributed by atoms with E-state index in [9.17, 15) is 46.1 Å². The van der Waals surface area contributed by atoms with Crippen LogP contribution >= 0.6 is 23.2 Å². The van der Waals surface area contributed by atoms with Gasteiger partial charge in [-0.1, -0.05) is 35.3 Å². The first-order chi connectivity index (χ1) is 25.3. The van der Waals surface area contributed by atoms with E-state index in [-0.39, 0.29) is 17.5 Å². The minimum absolute atomic E-state index is 0.0359. The molecule has 0 radical (unpaired) electrons. The third-order valence-corrected chi connectivity index (χ3v) is 8.88. The number of hydrogen-bond donors (Lipinski definition) is 5. The van der Waals surface area contributed by atoms with Crippen LogP contribution in [0.4, 0.5) is 65.3 Å². The zero-order valence-electron chi connectivity index (χ0n) is 28.6. The fraction of sp³-hybridized carbons (Fsp3) is 0.278. The third-order valence-electron chi connectivity index (χ3n) is 8.22. The van der Waals surface area contributed by atoms with Crippen molar-refractivity contribution >= 4 is 69.4 Å². The van der Waals surface area contributed by atoms with Crippen LogP contribution in [-0.4, -0.2) is 61.7 Å². The molecule has 2 atom stereocenters. The average molecular weight is 800 g/mol. The van der Waals surface area contributed by atoms with Crippen molar-refractivity contribution in [2.75, 3.05) is 53.4 Å². The van der Waals surface area contributed by atoms with Crippen molar-refractivity contribution in [3.05, 3.63) is 105 Å². The molecule has 2 amide bonds. The standard InChI is InChI=1S/C18H17ClF3N3O2.C10H14N2O.C8H3ClF3NO/c1-25-9-11(26)8-12-15(3-2-4-16(12)25)24-17(27)23-10-5-6-14(19)13(7-10)18(20,21)22;1-12-6-7(13)5-8-9(11)3-2-4-10(8)12;9-7-2-1-5(13-4-14)3-6(7)8(10,11)12/h2-7,11,26H,8-9H2,1H3,(H2,23,24,27);2-4,7,13H,5-6,11H2,1H3;1-3H. The summed E-state index contributed by atoms with van der Waals surface area (Å²) in [5.41, 5.74) is 8.75. The Kier molecular flexibility index (Phi) is 13.5. The second-order valence-corrected chi connectivity index (χ2v) is 13.1. The first-order valence-corrected chi connectivity index (χ1v) is 16.7. The molecule has 6 N–H and O–H groups in total. The largest absolute Gasteiger partial charge is 0.417 e. The summed E-state index contributed by atoms with van der Waals surface area (Å²) in [6.45, 7) is 1.17. The monoisotopic (exact) mass is 798 g/mol. The summed E-state index contributed by atoms with van der Waals surface area (Å²) in [4.78, 5) is 29.1. The highest BCUT2D eigenvalue weighted by atomic mass is 35.5. The Morgan fingerprint density at radius 3 is 1.89 bits per heavy atom. The molecule has 0 aliphatic carbocycles. The van der Waals surface area contributed by atoms with Crippen LogP contribution < -0.4 is 26.2 Å². The van der Waals surface area contributed by atoms with E-state index >= 15 is 0 Å². The van der Waals surface area contributed by atoms with Crippen LogP contribution in [0, 0.1) is 0 Å². The highest BCUT2D eigenvalue weighted by molar-refractivity contribution is 6.31. The SMILES string of the molecule is CN1CC(O)Cc2c(N)cccc21.CN1CC(O)Cc2c(NC(=O)Nc3ccc(Cl)c(C(F)(F)F)c3)cccc21.O=C=Nc1ccc(Cl)c(C(F)(F)F)c1. The third kappa shape index (κ3) is 10.8. The lowest BCUT2D eigenvalue weighted by molar-refractivity contribution is -0.138. The molecule has 0 saturated heterocycles. The number of nitrogens with two attached hydrogens (primary N) is 1. The van der Waals surface area contributed by atoms with Crippen LogP contribution in [-0.2, 0) is 30.0 Å². The number of likely N-dealkylation sites (N-methyl/N-ethyl adjacent to an activating group) is 2. The predicted molar refractivity (Wildman–Crippen MR) is 197 cm³/mol. The Morgan fingerprint density at radius 1 is 0.796 bits per heavy atom. The highest BCUT2D eigenvalue weighted by Crippen LogP contribution is 2.38. The van der Waals surface area contributed by atoms with Crippen LogP contribution in [0.25, 0.3) is 0 Å². The number of benzene rings is 4. The number of aliphatic imine (C=N–C) groups is 1. The van der Waals surface area contributed by atoms with Gasteiger partial charge in [-0.3, -0.25) is 0 Å². The van der Waals surface area contributed by atoms with E-state index in [4.69, 9.17) is 28.9 Å². The van der Waals surface area contributed by atoms with E-state index in [0.717, 1.165) is 52.5 Å². The van der Waals surface area contributed by atoms with Gasteiger partial charge in [-0.2, -0.15) is 31.3 Å². The summed E-state index contributed by atoms with van der Waals surface area (Å²) in [5, 5.41) is 23.7. The number of isocyanates is 1. The Labute approximate surface area is 315 Å². The van der Waals surface area contributed by atoms with Crippen molar-refractivity contribution in [2.45, 2.75) is 37.4 Å². The van der Waals surface area contributed by atoms with Crippen LogP contribution in [0.3, 0.4) is 0 Å². The number of nitrogen functional groups attached to an aromatic ring is 1. The molecule has 2 unspecified atom stereocenters. The summed E-state index contributed by atoms with van der Waals surface area (Å²) >= 11 is 10.9. The molecule has 18 heteroatoms. The number of nitrogens with one attached hydrogen (secondary N) is 2. The predicted octanol–water partition coefficient (Wildman–Crippen LogP) is 8.30. The molecule has 54 heavy (non-hydrogen) atoms. The molecule has 4 aromatic carbocycles. The molecule has 0 fully saturated rings. The zero-order valence-corrected chi connectivity index (χ0v) is 30.1. The fourth-order valence-corrected chi connectivity index (χ4v) is 6.27. The Hall–Kier alpha value is -4.99. The van der Waals surface area contributed by atoms with Gasteiger partial charge in [0.25, 0.3) is 0 Å². The van der Waals surface area contributed by atoms with Crippen molar-refractivity contribution in [3.63, 3.8) is 0 Å². The maximum absolute atomic E-state index is 12.9. The molecule has 288 valence electrons. The van der Waals surface area contributed by atoms with Gasteiger partial charge in [-0.25, -0.2) is 9.59 Å². The lowest BCUT2D eigenvalue weighted by atomic mass is 9.98. The second-order valence-electron chi connectivity index (χ2n) is 12.3. The van der Waals surface area contributed by atoms with Crippen molar-refractivity contribution in [2.24, 2.45) is 4.99 Å². The van der Waals surface area contributed by atoms with Crippen molar-refractivity contribution in [3.8, 4) is 0 Å². The van der Waals surface area contributed by atoms with E-state index in [1.54, 1.807) is 12.1 Å². The maximum atomic E-state index is 12.9. The maximum Gasteiger partial charge on any atom is 0.417 e. The Bertz CT molecular complexity index is 2030. The number of carbonyl (C=O) groups is 1. The fourth-order valence-electron chi connectivity index (χ4n) is 5.82. The van der Waals surface area contributed by atoms with Gasteiger partial charge in [0.2, 0.25) is 6.08 Å². The molecule has 4 aromatic rings. The molecule has 2 aliphatic rings. The molecule has 0 spiro atoms. The number of urea groups is 1. The number of alkyl halides is 6. The van der Waals surface area contributed by atoms with Gasteiger partial charge in [0, 0.05) is 79.6 Å². The molecular formula is C36H34Cl2F6N6O4. The molecule has 0 saturated carbocycles. The smallest absolute Gasteiger partial charge is 0.398 e. The van der Waals surface area contributed by atoms with Gasteiger partial charge in [-0.15, -0.1) is 0 Å². The lowest BCUT2D eigenvalue weighted by Crippen LogP contribution is -2.36. The average Bonchev–Trinajstić information content (AvgIpc) is 3.07. The van der Waals surface area contributed by atoms with Crippen LogP contribution in [0.1, 0.15) is 22.3 Å². The van der Waals surface area contributed by atoms with E-state index in [1.165, 1.54) is 12.1 Å². The first-order valence-electron chi connectivity index (χ1n) is 16.0. The lowest BCUT2D eigenvalue weighted by Gasteiger charge is -2.32. The van der Waals surface area contributed by atoms with Gasteiger partial charge in [0.1, 0.15) is 0 Å². The number of anilines is 5. The first kappa shape index (κ1) is 41.8. The van der Waals surface area contributed by atoms with Crippen molar-refractivity contribution < 1.29 is 46.1 Å². The number of fused-ring (bicyclic) bond motifs is 2. The zero-order chi connectivity index (χ0) is 40.0. The van der Waals surface area contributed by atoms with Gasteiger partial charge in [-0.05, 0) is 60.7 Å². The van der Waals surface area contributed by atoms with E-state index < -0.39 is 45.7 Å². The molecule has 2 aliphatic heterocycles. The number of carbonyl (C=O) groups excluding carboxylic acids is 2. The van der Waals surface area contributed by atoms with Crippen molar-refractivity contribution in [1.29, 1.82) is 0 Å². The number of amides is 2. The van der Waals surface area contributed by atoms with E-state index in [0.29, 0.717) is 37.7 Å². The minimum Gasteiger partial charge on any atom is -0.398 e. The number of nitrogens with zero attached hydrogens (tertiary/aromatic N) is 3. The van der Waals surface area contributed by atoms with Crippen LogP contribution in [0.2, 0.25) is 10.0 Å². The van der Waals surface area contributed by atoms with Gasteiger partial charge >= 0.3 is 18.4 Å². The number of halogens is 8.